The van der Waals surface area contributed by atoms with Crippen molar-refractivity contribution in [1.29, 1.82) is 0 Å². The number of ether oxygens (including phenoxy) is 1. The molecule has 1 saturated heterocycles. The van der Waals surface area contributed by atoms with Crippen LogP contribution in [0.5, 0.6) is 5.75 Å². The third-order valence-electron chi connectivity index (χ3n) is 5.60. The van der Waals surface area contributed by atoms with Gasteiger partial charge in [0.1, 0.15) is 23.2 Å². The number of terminal acetylenes is 1. The second kappa shape index (κ2) is 9.94. The Morgan fingerprint density at radius 3 is 2.73 bits per heavy atom. The van der Waals surface area contributed by atoms with Gasteiger partial charge in [-0.25, -0.2) is 4.39 Å². The minimum Gasteiger partial charge on any atom is -0.496 e. The Kier molecular flexibility index (Phi) is 7.26. The summed E-state index contributed by atoms with van der Waals surface area (Å²) >= 11 is 0. The molecule has 1 fully saturated rings. The second-order valence-corrected chi connectivity index (χ2v) is 8.79. The van der Waals surface area contributed by atoms with Crippen molar-refractivity contribution in [1.82, 2.24) is 20.9 Å². The van der Waals surface area contributed by atoms with E-state index < -0.39 is 29.6 Å². The van der Waals surface area contributed by atoms with Crippen LogP contribution >= 0.6 is 0 Å². The van der Waals surface area contributed by atoms with E-state index in [1.807, 2.05) is 0 Å². The van der Waals surface area contributed by atoms with Crippen molar-refractivity contribution in [3.63, 3.8) is 0 Å². The fourth-order valence-corrected chi connectivity index (χ4v) is 3.95. The maximum Gasteiger partial charge on any atom is 0.268 e. The van der Waals surface area contributed by atoms with Crippen molar-refractivity contribution in [2.75, 3.05) is 13.7 Å². The molecule has 0 saturated carbocycles. The molecule has 0 radical (unpaired) electrons. The minimum atomic E-state index is -1.73. The fraction of sp³-hybridized carbons (Fsp3) is 0.458. The smallest absolute Gasteiger partial charge is 0.268 e. The molecule has 2 aromatic rings. The van der Waals surface area contributed by atoms with Gasteiger partial charge >= 0.3 is 0 Å². The van der Waals surface area contributed by atoms with Gasteiger partial charge in [-0.1, -0.05) is 12.0 Å². The monoisotopic (exact) mass is 456 g/mol. The van der Waals surface area contributed by atoms with Crippen molar-refractivity contribution >= 4 is 28.6 Å². The number of methoxy groups -OCH3 is 1. The maximum absolute atomic E-state index is 14.5. The first-order chi connectivity index (χ1) is 15.6. The highest BCUT2D eigenvalue weighted by Crippen LogP contribution is 2.26. The Balaban J connectivity index is 1.74. The van der Waals surface area contributed by atoms with Gasteiger partial charge in [0, 0.05) is 29.8 Å². The zero-order valence-corrected chi connectivity index (χ0v) is 19.0. The molecule has 1 aliphatic heterocycles. The first-order valence-electron chi connectivity index (χ1n) is 10.8. The molecule has 9 heteroatoms. The highest BCUT2D eigenvalue weighted by molar-refractivity contribution is 6.01. The quantitative estimate of drug-likeness (QED) is 0.433. The van der Waals surface area contributed by atoms with E-state index in [1.165, 1.54) is 21.0 Å². The normalized spacial score (nSPS) is 17.7. The summed E-state index contributed by atoms with van der Waals surface area (Å²) in [7, 11) is 1.53. The highest BCUT2D eigenvalue weighted by atomic mass is 19.1. The zero-order chi connectivity index (χ0) is 24.2. The lowest BCUT2D eigenvalue weighted by molar-refractivity contribution is -0.125. The summed E-state index contributed by atoms with van der Waals surface area (Å²) in [4.78, 5) is 40.7. The number of carbonyl (C=O) groups excluding carboxylic acids is 3. The number of hydrogen-bond donors (Lipinski definition) is 4. The summed E-state index contributed by atoms with van der Waals surface area (Å²) in [5.74, 6) is 1.50. The lowest BCUT2D eigenvalue weighted by Gasteiger charge is -2.25. The van der Waals surface area contributed by atoms with Crippen molar-refractivity contribution in [2.24, 2.45) is 5.92 Å². The maximum atomic E-state index is 14.5. The molecular weight excluding hydrogens is 427 g/mol. The molecule has 3 amide bonds. The van der Waals surface area contributed by atoms with Gasteiger partial charge in [-0.3, -0.25) is 14.4 Å². The summed E-state index contributed by atoms with van der Waals surface area (Å²) in [6.07, 6.45) is 6.21. The molecule has 3 atom stereocenters. The minimum absolute atomic E-state index is 0.103. The van der Waals surface area contributed by atoms with Crippen molar-refractivity contribution in [2.45, 2.75) is 50.9 Å². The van der Waals surface area contributed by atoms with Crippen molar-refractivity contribution < 1.29 is 23.5 Å². The van der Waals surface area contributed by atoms with Gasteiger partial charge < -0.3 is 25.7 Å². The van der Waals surface area contributed by atoms with Crippen LogP contribution in [-0.4, -0.2) is 54.1 Å². The standard InChI is InChI=1S/C24H29FN4O4/c1-5-15(11-14-9-10-26-21(14)30)27-23(32)19(13-24(2,3)25)29-22(31)18-12-16-17(28-18)7-6-8-20(16)33-4/h1,6-8,12,14-15,19,28H,9-11,13H2,2-4H3,(H,26,30)(H,27,32)(H,29,31)/t14-,15+,19?/m0/s1. The Bertz CT molecular complexity index is 1080. The summed E-state index contributed by atoms with van der Waals surface area (Å²) < 4.78 is 19.8. The molecule has 176 valence electrons. The number of aromatic amines is 1. The third kappa shape index (κ3) is 6.04. The number of halogens is 1. The molecule has 2 heterocycles. The molecule has 8 nitrogen and oxygen atoms in total. The predicted molar refractivity (Wildman–Crippen MR) is 122 cm³/mol. The average Bonchev–Trinajstić information content (AvgIpc) is 3.37. The number of H-pyrrole nitrogens is 1. The summed E-state index contributed by atoms with van der Waals surface area (Å²) in [6.45, 7) is 3.22. The van der Waals surface area contributed by atoms with Crippen LogP contribution in [0.25, 0.3) is 10.9 Å². The summed E-state index contributed by atoms with van der Waals surface area (Å²) in [5, 5.41) is 8.72. The van der Waals surface area contributed by atoms with Crippen LogP contribution < -0.4 is 20.7 Å². The predicted octanol–water partition coefficient (Wildman–Crippen LogP) is 2.06. The van der Waals surface area contributed by atoms with E-state index >= 15 is 0 Å². The molecular formula is C24H29FN4O4. The average molecular weight is 457 g/mol. The SMILES string of the molecule is C#C[C@H](C[C@@H]1CCNC1=O)NC(=O)C(CC(C)(C)F)NC(=O)c1cc2c(OC)cccc2[nH]1. The molecule has 1 unspecified atom stereocenters. The molecule has 0 bridgehead atoms. The van der Waals surface area contributed by atoms with Crippen molar-refractivity contribution in [3.05, 3.63) is 30.0 Å². The lowest BCUT2D eigenvalue weighted by Crippen LogP contribution is -2.51. The first-order valence-corrected chi connectivity index (χ1v) is 10.8. The van der Waals surface area contributed by atoms with Crippen LogP contribution in [0.15, 0.2) is 24.3 Å². The van der Waals surface area contributed by atoms with E-state index in [9.17, 15) is 18.8 Å². The number of rotatable bonds is 9. The van der Waals surface area contributed by atoms with E-state index in [1.54, 1.807) is 24.3 Å². The van der Waals surface area contributed by atoms with E-state index in [0.29, 0.717) is 29.6 Å². The summed E-state index contributed by atoms with van der Waals surface area (Å²) in [5.41, 5.74) is -0.829. The Hall–Kier alpha value is -3.54. The molecule has 4 N–H and O–H groups in total. The zero-order valence-electron chi connectivity index (χ0n) is 19.0. The van der Waals surface area contributed by atoms with Gasteiger partial charge in [-0.05, 0) is 44.9 Å². The topological polar surface area (TPSA) is 112 Å². The number of nitrogens with one attached hydrogen (secondary N) is 4. The van der Waals surface area contributed by atoms with E-state index in [4.69, 9.17) is 11.2 Å². The highest BCUT2D eigenvalue weighted by Gasteiger charge is 2.32. The molecule has 1 aliphatic rings. The molecule has 1 aromatic carbocycles. The van der Waals surface area contributed by atoms with Crippen LogP contribution in [0.4, 0.5) is 4.39 Å². The van der Waals surface area contributed by atoms with Gasteiger partial charge in [-0.15, -0.1) is 6.42 Å². The number of hydrogen-bond acceptors (Lipinski definition) is 4. The number of benzene rings is 1. The second-order valence-electron chi connectivity index (χ2n) is 8.79. The van der Waals surface area contributed by atoms with Crippen LogP contribution in [0.1, 0.15) is 43.6 Å². The first kappa shape index (κ1) is 24.1. The van der Waals surface area contributed by atoms with Gasteiger partial charge in [0.2, 0.25) is 11.8 Å². The lowest BCUT2D eigenvalue weighted by atomic mass is 9.97. The largest absolute Gasteiger partial charge is 0.496 e. The summed E-state index contributed by atoms with van der Waals surface area (Å²) in [6, 6.07) is 5.07. The number of amides is 3. The van der Waals surface area contributed by atoms with E-state index in [-0.39, 0.29) is 30.4 Å². The molecule has 3 rings (SSSR count). The van der Waals surface area contributed by atoms with Gasteiger partial charge in [0.05, 0.1) is 13.2 Å². The molecule has 0 spiro atoms. The van der Waals surface area contributed by atoms with E-state index in [0.717, 1.165) is 0 Å². The van der Waals surface area contributed by atoms with Gasteiger partial charge in [0.15, 0.2) is 0 Å². The third-order valence-corrected chi connectivity index (χ3v) is 5.60. The molecule has 1 aromatic heterocycles. The molecule has 0 aliphatic carbocycles. The Morgan fingerprint density at radius 1 is 1.36 bits per heavy atom. The Morgan fingerprint density at radius 2 is 2.12 bits per heavy atom. The van der Waals surface area contributed by atoms with Gasteiger partial charge in [-0.2, -0.15) is 0 Å². The van der Waals surface area contributed by atoms with E-state index in [2.05, 4.69) is 26.9 Å². The number of alkyl halides is 1. The van der Waals surface area contributed by atoms with Crippen molar-refractivity contribution in [3.8, 4) is 18.1 Å². The number of carbonyl (C=O) groups is 3. The van der Waals surface area contributed by atoms with Crippen LogP contribution in [0, 0.1) is 18.3 Å². The number of aromatic nitrogens is 1. The van der Waals surface area contributed by atoms with Crippen LogP contribution in [0.2, 0.25) is 0 Å². The number of fused-ring (bicyclic) bond motifs is 1. The fourth-order valence-electron chi connectivity index (χ4n) is 3.95. The van der Waals surface area contributed by atoms with Crippen LogP contribution in [0.3, 0.4) is 0 Å². The van der Waals surface area contributed by atoms with Gasteiger partial charge in [0.25, 0.3) is 5.91 Å². The van der Waals surface area contributed by atoms with Crippen LogP contribution in [-0.2, 0) is 9.59 Å². The molecule has 33 heavy (non-hydrogen) atoms. The Labute approximate surface area is 192 Å².